The van der Waals surface area contributed by atoms with E-state index < -0.39 is 5.97 Å². The Morgan fingerprint density at radius 2 is 2.19 bits per heavy atom. The van der Waals surface area contributed by atoms with Gasteiger partial charge in [0.15, 0.2) is 0 Å². The van der Waals surface area contributed by atoms with Gasteiger partial charge in [-0.15, -0.1) is 0 Å². The highest BCUT2D eigenvalue weighted by Gasteiger charge is 2.33. The maximum atomic E-state index is 12.1. The summed E-state index contributed by atoms with van der Waals surface area (Å²) >= 11 is 1.37. The van der Waals surface area contributed by atoms with Crippen LogP contribution in [-0.4, -0.2) is 15.6 Å². The minimum absolute atomic E-state index is 0.0837. The first-order valence-corrected chi connectivity index (χ1v) is 8.60. The van der Waals surface area contributed by atoms with Crippen molar-refractivity contribution in [3.8, 4) is 0 Å². The fraction of sp³-hybridized carbons (Fsp3) is 0.750. The molecule has 0 saturated heterocycles. The second-order valence-electron chi connectivity index (χ2n) is 6.67. The van der Waals surface area contributed by atoms with Gasteiger partial charge in [0.1, 0.15) is 0 Å². The van der Waals surface area contributed by atoms with E-state index in [1.807, 2.05) is 4.57 Å². The van der Waals surface area contributed by atoms with Crippen LogP contribution in [0.25, 0.3) is 0 Å². The van der Waals surface area contributed by atoms with E-state index in [0.717, 1.165) is 25.7 Å². The van der Waals surface area contributed by atoms with Crippen LogP contribution in [0.1, 0.15) is 57.0 Å². The molecule has 0 aromatic carbocycles. The Morgan fingerprint density at radius 1 is 1.48 bits per heavy atom. The molecule has 1 N–H and O–H groups in total. The average molecular weight is 311 g/mol. The molecular weight excluding hydrogens is 286 g/mol. The number of carboxylic acids is 1. The predicted octanol–water partition coefficient (Wildman–Crippen LogP) is 3.32. The Balaban J connectivity index is 2.13. The molecule has 1 aromatic rings. The zero-order valence-corrected chi connectivity index (χ0v) is 14.0. The molecule has 1 aromatic heterocycles. The van der Waals surface area contributed by atoms with Crippen LogP contribution in [0, 0.1) is 11.3 Å². The lowest BCUT2D eigenvalue weighted by Gasteiger charge is -2.36. The smallest absolute Gasteiger partial charge is 0.307 e. The van der Waals surface area contributed by atoms with Crippen molar-refractivity contribution in [2.75, 3.05) is 0 Å². The number of aromatic nitrogens is 1. The van der Waals surface area contributed by atoms with Gasteiger partial charge in [-0.2, -0.15) is 0 Å². The van der Waals surface area contributed by atoms with Gasteiger partial charge in [0.05, 0.1) is 0 Å². The van der Waals surface area contributed by atoms with Crippen molar-refractivity contribution in [2.45, 2.75) is 65.8 Å². The molecule has 0 saturated carbocycles. The predicted molar refractivity (Wildman–Crippen MR) is 85.0 cm³/mol. The van der Waals surface area contributed by atoms with Crippen LogP contribution in [0.5, 0.6) is 0 Å². The van der Waals surface area contributed by atoms with Gasteiger partial charge in [0.2, 0.25) is 0 Å². The van der Waals surface area contributed by atoms with Crippen LogP contribution in [0.3, 0.4) is 0 Å². The molecule has 1 aliphatic rings. The summed E-state index contributed by atoms with van der Waals surface area (Å²) in [5.74, 6) is -0.155. The normalized spacial score (nSPS) is 18.5. The van der Waals surface area contributed by atoms with Gasteiger partial charge < -0.3 is 9.67 Å². The summed E-state index contributed by atoms with van der Waals surface area (Å²) in [6.07, 6.45) is 4.90. The first-order chi connectivity index (χ1) is 9.85. The molecule has 1 aliphatic carbocycles. The Hall–Kier alpha value is -1.10. The Kier molecular flexibility index (Phi) is 4.91. The van der Waals surface area contributed by atoms with Gasteiger partial charge in [-0.25, -0.2) is 0 Å². The van der Waals surface area contributed by atoms with Crippen molar-refractivity contribution in [1.29, 1.82) is 0 Å². The minimum atomic E-state index is -0.795. The summed E-state index contributed by atoms with van der Waals surface area (Å²) in [5, 5.41) is 8.72. The third-order valence-electron chi connectivity index (χ3n) is 5.03. The Labute approximate surface area is 129 Å². The molecule has 1 heterocycles. The lowest BCUT2D eigenvalue weighted by Crippen LogP contribution is -2.29. The van der Waals surface area contributed by atoms with E-state index in [0.29, 0.717) is 24.3 Å². The number of nitrogens with zero attached hydrogens (tertiary/aromatic N) is 1. The van der Waals surface area contributed by atoms with Crippen LogP contribution in [0.15, 0.2) is 4.79 Å². The van der Waals surface area contributed by atoms with Crippen LogP contribution < -0.4 is 4.87 Å². The number of rotatable bonds is 6. The lowest BCUT2D eigenvalue weighted by atomic mass is 9.70. The largest absolute Gasteiger partial charge is 0.481 e. The van der Waals surface area contributed by atoms with Crippen LogP contribution in [0.4, 0.5) is 0 Å². The maximum Gasteiger partial charge on any atom is 0.307 e. The number of hydrogen-bond acceptors (Lipinski definition) is 3. The molecule has 0 aliphatic heterocycles. The van der Waals surface area contributed by atoms with Gasteiger partial charge in [-0.3, -0.25) is 9.59 Å². The van der Waals surface area contributed by atoms with E-state index in [2.05, 4.69) is 20.8 Å². The quantitative estimate of drug-likeness (QED) is 0.876. The van der Waals surface area contributed by atoms with Crippen LogP contribution in [0.2, 0.25) is 0 Å². The third-order valence-corrected chi connectivity index (χ3v) is 6.07. The third kappa shape index (κ3) is 3.57. The molecule has 0 spiro atoms. The van der Waals surface area contributed by atoms with Crippen molar-refractivity contribution in [2.24, 2.45) is 11.3 Å². The number of carbonyl (C=O) groups is 1. The number of carboxylic acid groups (broad SMARTS) is 1. The van der Waals surface area contributed by atoms with Crippen molar-refractivity contribution >= 4 is 17.3 Å². The summed E-state index contributed by atoms with van der Waals surface area (Å²) in [6.45, 7) is 7.40. The molecule has 118 valence electrons. The van der Waals surface area contributed by atoms with Crippen LogP contribution >= 0.6 is 11.3 Å². The number of thiazole rings is 1. The first-order valence-electron chi connectivity index (χ1n) is 7.78. The fourth-order valence-corrected chi connectivity index (χ4v) is 4.26. The standard InChI is InChI=1S/C16H25NO3S/c1-4-16(2,3)11-7-8-12-13(10-11)21-15(20)17(12)9-5-6-14(18)19/h11H,4-10H2,1-3H3,(H,18,19). The van der Waals surface area contributed by atoms with E-state index in [-0.39, 0.29) is 11.3 Å². The Morgan fingerprint density at radius 3 is 2.81 bits per heavy atom. The van der Waals surface area contributed by atoms with Crippen molar-refractivity contribution in [1.82, 2.24) is 4.57 Å². The second kappa shape index (κ2) is 6.34. The van der Waals surface area contributed by atoms with E-state index in [9.17, 15) is 9.59 Å². The van der Waals surface area contributed by atoms with Crippen LogP contribution in [-0.2, 0) is 24.2 Å². The van der Waals surface area contributed by atoms with E-state index in [4.69, 9.17) is 5.11 Å². The highest BCUT2D eigenvalue weighted by Crippen LogP contribution is 2.40. The second-order valence-corrected chi connectivity index (χ2v) is 7.71. The minimum Gasteiger partial charge on any atom is -0.481 e. The molecule has 0 amide bonds. The van der Waals surface area contributed by atoms with E-state index in [1.165, 1.54) is 21.9 Å². The zero-order valence-electron chi connectivity index (χ0n) is 13.1. The molecule has 1 unspecified atom stereocenters. The zero-order chi connectivity index (χ0) is 15.6. The summed E-state index contributed by atoms with van der Waals surface area (Å²) < 4.78 is 1.82. The molecule has 21 heavy (non-hydrogen) atoms. The summed E-state index contributed by atoms with van der Waals surface area (Å²) in [5.41, 5.74) is 1.48. The summed E-state index contributed by atoms with van der Waals surface area (Å²) in [4.78, 5) is 24.1. The SMILES string of the molecule is CCC(C)(C)C1CCc2c(sc(=O)n2CCCC(=O)O)C1. The highest BCUT2D eigenvalue weighted by molar-refractivity contribution is 7.09. The van der Waals surface area contributed by atoms with Crippen molar-refractivity contribution in [3.63, 3.8) is 0 Å². The van der Waals surface area contributed by atoms with Gasteiger partial charge in [0, 0.05) is 23.5 Å². The number of hydrogen-bond donors (Lipinski definition) is 1. The summed E-state index contributed by atoms with van der Waals surface area (Å²) in [7, 11) is 0. The molecular formula is C16H25NO3S. The monoisotopic (exact) mass is 311 g/mol. The summed E-state index contributed by atoms with van der Waals surface area (Å²) in [6, 6.07) is 0. The number of fused-ring (bicyclic) bond motifs is 1. The van der Waals surface area contributed by atoms with E-state index in [1.54, 1.807) is 0 Å². The van der Waals surface area contributed by atoms with Crippen molar-refractivity contribution < 1.29 is 9.90 Å². The molecule has 4 nitrogen and oxygen atoms in total. The molecule has 2 rings (SSSR count). The van der Waals surface area contributed by atoms with Gasteiger partial charge in [0.25, 0.3) is 0 Å². The molecule has 0 radical (unpaired) electrons. The highest BCUT2D eigenvalue weighted by atomic mass is 32.1. The van der Waals surface area contributed by atoms with E-state index >= 15 is 0 Å². The average Bonchev–Trinajstić information content (AvgIpc) is 2.74. The van der Waals surface area contributed by atoms with Crippen molar-refractivity contribution in [3.05, 3.63) is 20.2 Å². The van der Waals surface area contributed by atoms with Gasteiger partial charge in [-0.05, 0) is 37.0 Å². The number of aliphatic carboxylic acids is 1. The van der Waals surface area contributed by atoms with Gasteiger partial charge >= 0.3 is 10.8 Å². The molecule has 5 heteroatoms. The first kappa shape index (κ1) is 16.3. The molecule has 1 atom stereocenters. The fourth-order valence-electron chi connectivity index (χ4n) is 3.12. The molecule has 0 bridgehead atoms. The lowest BCUT2D eigenvalue weighted by molar-refractivity contribution is -0.137. The molecule has 0 fully saturated rings. The Bertz CT molecular complexity index is 571. The van der Waals surface area contributed by atoms with Gasteiger partial charge in [-0.1, -0.05) is 38.5 Å². The topological polar surface area (TPSA) is 59.3 Å². The maximum absolute atomic E-state index is 12.1.